The van der Waals surface area contributed by atoms with Crippen molar-refractivity contribution in [1.29, 1.82) is 0 Å². The van der Waals surface area contributed by atoms with Gasteiger partial charge in [0.2, 0.25) is 0 Å². The van der Waals surface area contributed by atoms with E-state index in [1.54, 1.807) is 30.3 Å². The van der Waals surface area contributed by atoms with Crippen LogP contribution in [0.5, 0.6) is 0 Å². The van der Waals surface area contributed by atoms with Crippen LogP contribution in [0.25, 0.3) is 0 Å². The summed E-state index contributed by atoms with van der Waals surface area (Å²) in [7, 11) is 0. The second-order valence-corrected chi connectivity index (χ2v) is 4.15. The Balaban J connectivity index is 2.54. The monoisotopic (exact) mass is 291 g/mol. The molecule has 1 N–H and O–H groups in total. The van der Waals surface area contributed by atoms with Crippen molar-refractivity contribution in [3.63, 3.8) is 0 Å². The highest BCUT2D eigenvalue weighted by Gasteiger charge is 2.33. The number of aliphatic hydroxyl groups is 1. The van der Waals surface area contributed by atoms with Crippen molar-refractivity contribution >= 4 is 6.09 Å². The number of rotatable bonds is 6. The number of benzene rings is 1. The van der Waals surface area contributed by atoms with Crippen molar-refractivity contribution in [3.05, 3.63) is 35.9 Å². The third kappa shape index (κ3) is 6.42. The Labute approximate surface area is 114 Å². The summed E-state index contributed by atoms with van der Waals surface area (Å²) < 4.78 is 41.9. The van der Waals surface area contributed by atoms with Gasteiger partial charge < -0.3 is 9.84 Å². The summed E-state index contributed by atoms with van der Waals surface area (Å²) in [4.78, 5) is 12.2. The predicted molar refractivity (Wildman–Crippen MR) is 66.0 cm³/mol. The highest BCUT2D eigenvalue weighted by atomic mass is 19.4. The van der Waals surface area contributed by atoms with E-state index in [9.17, 15) is 18.0 Å². The predicted octanol–water partition coefficient (Wildman–Crippen LogP) is 2.57. The number of hydrogen-bond acceptors (Lipinski definition) is 3. The van der Waals surface area contributed by atoms with Crippen molar-refractivity contribution in [2.75, 3.05) is 19.7 Å². The normalized spacial score (nSPS) is 11.2. The molecular formula is C13H16F3NO3. The molecule has 20 heavy (non-hydrogen) atoms. The van der Waals surface area contributed by atoms with Gasteiger partial charge in [-0.25, -0.2) is 4.79 Å². The van der Waals surface area contributed by atoms with Crippen LogP contribution in [0.4, 0.5) is 18.0 Å². The molecule has 0 fully saturated rings. The second-order valence-electron chi connectivity index (χ2n) is 4.15. The largest absolute Gasteiger partial charge is 0.445 e. The van der Waals surface area contributed by atoms with Crippen LogP contribution in [0, 0.1) is 0 Å². The first-order valence-corrected chi connectivity index (χ1v) is 6.05. The minimum Gasteiger partial charge on any atom is -0.445 e. The van der Waals surface area contributed by atoms with Crippen LogP contribution in [0.2, 0.25) is 0 Å². The zero-order valence-electron chi connectivity index (χ0n) is 10.8. The number of ether oxygens (including phenoxy) is 1. The zero-order valence-corrected chi connectivity index (χ0v) is 10.8. The molecule has 1 aromatic rings. The third-order valence-electron chi connectivity index (χ3n) is 2.42. The lowest BCUT2D eigenvalue weighted by atomic mass is 10.2. The molecule has 1 rings (SSSR count). The van der Waals surface area contributed by atoms with E-state index in [0.717, 1.165) is 0 Å². The number of nitrogens with zero attached hydrogens (tertiary/aromatic N) is 1. The summed E-state index contributed by atoms with van der Waals surface area (Å²) in [5.74, 6) is 0. The average molecular weight is 291 g/mol. The first-order valence-electron chi connectivity index (χ1n) is 6.05. The molecule has 0 unspecified atom stereocenters. The van der Waals surface area contributed by atoms with Gasteiger partial charge in [-0.3, -0.25) is 4.90 Å². The number of halogens is 3. The zero-order chi connectivity index (χ0) is 15.0. The molecule has 7 heteroatoms. The molecule has 0 aliphatic rings. The fourth-order valence-electron chi connectivity index (χ4n) is 1.52. The van der Waals surface area contributed by atoms with Crippen LogP contribution < -0.4 is 0 Å². The smallest absolute Gasteiger partial charge is 0.410 e. The van der Waals surface area contributed by atoms with Gasteiger partial charge in [0, 0.05) is 13.2 Å². The van der Waals surface area contributed by atoms with E-state index in [-0.39, 0.29) is 26.2 Å². The third-order valence-corrected chi connectivity index (χ3v) is 2.42. The molecule has 1 amide bonds. The van der Waals surface area contributed by atoms with E-state index in [2.05, 4.69) is 0 Å². The average Bonchev–Trinajstić information content (AvgIpc) is 2.40. The maximum Gasteiger partial charge on any atom is 0.410 e. The molecule has 0 saturated carbocycles. The molecule has 0 aliphatic carbocycles. The van der Waals surface area contributed by atoms with Gasteiger partial charge in [-0.1, -0.05) is 30.3 Å². The topological polar surface area (TPSA) is 49.8 Å². The first kappa shape index (κ1) is 16.3. The van der Waals surface area contributed by atoms with Crippen LogP contribution in [-0.4, -0.2) is 42.0 Å². The van der Waals surface area contributed by atoms with Crippen molar-refractivity contribution in [1.82, 2.24) is 4.90 Å². The van der Waals surface area contributed by atoms with E-state index in [4.69, 9.17) is 9.84 Å². The van der Waals surface area contributed by atoms with Crippen LogP contribution >= 0.6 is 0 Å². The lowest BCUT2D eigenvalue weighted by Gasteiger charge is -2.23. The van der Waals surface area contributed by atoms with E-state index < -0.39 is 18.8 Å². The molecule has 0 atom stereocenters. The highest BCUT2D eigenvalue weighted by molar-refractivity contribution is 5.67. The standard InChI is InChI=1S/C13H16F3NO3/c14-13(15,16)10-17(7-4-8-18)12(19)20-9-11-5-2-1-3-6-11/h1-3,5-6,18H,4,7-10H2. The summed E-state index contributed by atoms with van der Waals surface area (Å²) >= 11 is 0. The molecule has 0 heterocycles. The van der Waals surface area contributed by atoms with E-state index >= 15 is 0 Å². The van der Waals surface area contributed by atoms with Gasteiger partial charge in [-0.15, -0.1) is 0 Å². The van der Waals surface area contributed by atoms with Gasteiger partial charge >= 0.3 is 12.3 Å². The van der Waals surface area contributed by atoms with Gasteiger partial charge in [-0.2, -0.15) is 13.2 Å². The van der Waals surface area contributed by atoms with Gasteiger partial charge in [0.1, 0.15) is 13.2 Å². The SMILES string of the molecule is O=C(OCc1ccccc1)N(CCCO)CC(F)(F)F. The Hall–Kier alpha value is -1.76. The van der Waals surface area contributed by atoms with Crippen molar-refractivity contribution in [3.8, 4) is 0 Å². The van der Waals surface area contributed by atoms with E-state index in [0.29, 0.717) is 10.5 Å². The summed E-state index contributed by atoms with van der Waals surface area (Å²) in [5.41, 5.74) is 0.690. The first-order chi connectivity index (χ1) is 9.42. The molecule has 0 bridgehead atoms. The second kappa shape index (κ2) is 7.74. The fraction of sp³-hybridized carbons (Fsp3) is 0.462. The molecule has 4 nitrogen and oxygen atoms in total. The van der Waals surface area contributed by atoms with Gasteiger partial charge in [0.15, 0.2) is 0 Å². The summed E-state index contributed by atoms with van der Waals surface area (Å²) in [6.45, 7) is -1.97. The van der Waals surface area contributed by atoms with Crippen molar-refractivity contribution in [2.24, 2.45) is 0 Å². The number of carbonyl (C=O) groups is 1. The number of aliphatic hydroxyl groups excluding tert-OH is 1. The Morgan fingerprint density at radius 3 is 2.45 bits per heavy atom. The molecule has 1 aromatic carbocycles. The molecule has 112 valence electrons. The van der Waals surface area contributed by atoms with Crippen LogP contribution in [0.1, 0.15) is 12.0 Å². The van der Waals surface area contributed by atoms with Gasteiger partial charge in [0.25, 0.3) is 0 Å². The number of hydrogen-bond donors (Lipinski definition) is 1. The molecule has 0 saturated heterocycles. The maximum atomic E-state index is 12.3. The quantitative estimate of drug-likeness (QED) is 0.876. The number of carbonyl (C=O) groups excluding carboxylic acids is 1. The molecule has 0 aromatic heterocycles. The van der Waals surface area contributed by atoms with Crippen molar-refractivity contribution < 1.29 is 27.8 Å². The molecule has 0 spiro atoms. The van der Waals surface area contributed by atoms with E-state index in [1.807, 2.05) is 0 Å². The summed E-state index contributed by atoms with van der Waals surface area (Å²) in [6, 6.07) is 8.66. The number of amides is 1. The minimum atomic E-state index is -4.50. The van der Waals surface area contributed by atoms with E-state index in [1.165, 1.54) is 0 Å². The van der Waals surface area contributed by atoms with Crippen LogP contribution in [0.15, 0.2) is 30.3 Å². The molecular weight excluding hydrogens is 275 g/mol. The molecule has 0 aliphatic heterocycles. The van der Waals surface area contributed by atoms with Crippen LogP contribution in [-0.2, 0) is 11.3 Å². The van der Waals surface area contributed by atoms with Crippen molar-refractivity contribution in [2.45, 2.75) is 19.2 Å². The fourth-order valence-corrected chi connectivity index (χ4v) is 1.52. The maximum absolute atomic E-state index is 12.3. The summed E-state index contributed by atoms with van der Waals surface area (Å²) in [6.07, 6.45) is -5.47. The summed E-state index contributed by atoms with van der Waals surface area (Å²) in [5, 5.41) is 8.64. The van der Waals surface area contributed by atoms with Gasteiger partial charge in [-0.05, 0) is 12.0 Å². The lowest BCUT2D eigenvalue weighted by molar-refractivity contribution is -0.143. The number of alkyl halides is 3. The Morgan fingerprint density at radius 1 is 1.25 bits per heavy atom. The molecule has 0 radical (unpaired) electrons. The Kier molecular flexibility index (Phi) is 6.30. The highest BCUT2D eigenvalue weighted by Crippen LogP contribution is 2.17. The lowest BCUT2D eigenvalue weighted by Crippen LogP contribution is -2.40. The Bertz CT molecular complexity index is 409. The van der Waals surface area contributed by atoms with Gasteiger partial charge in [0.05, 0.1) is 0 Å². The Morgan fingerprint density at radius 2 is 1.90 bits per heavy atom. The van der Waals surface area contributed by atoms with Crippen LogP contribution in [0.3, 0.4) is 0 Å². The minimum absolute atomic E-state index is 0.0660.